The first-order chi connectivity index (χ1) is 7.19. The van der Waals surface area contributed by atoms with Gasteiger partial charge < -0.3 is 9.47 Å². The number of halogens is 1. The number of hydrogen-bond acceptors (Lipinski definition) is 3. The van der Waals surface area contributed by atoms with E-state index in [0.717, 1.165) is 11.1 Å². The number of carbonyl (C=O) groups is 1. The van der Waals surface area contributed by atoms with Gasteiger partial charge in [0.25, 0.3) is 0 Å². The molecule has 1 aliphatic carbocycles. The van der Waals surface area contributed by atoms with E-state index in [2.05, 4.69) is 15.9 Å². The van der Waals surface area contributed by atoms with Gasteiger partial charge in [0.2, 0.25) is 0 Å². The van der Waals surface area contributed by atoms with Crippen molar-refractivity contribution in [3.05, 3.63) is 23.3 Å². The molecule has 1 aromatic rings. The molecule has 0 radical (unpaired) electrons. The highest BCUT2D eigenvalue weighted by Crippen LogP contribution is 2.46. The fourth-order valence-corrected chi connectivity index (χ4v) is 2.63. The monoisotopic (exact) mass is 270 g/mol. The SMILES string of the molecule is COc1ccc2c(c1OC)C(Br)CC2=O. The van der Waals surface area contributed by atoms with Crippen molar-refractivity contribution in [3.8, 4) is 11.5 Å². The first-order valence-corrected chi connectivity index (χ1v) is 5.52. The molecule has 0 aliphatic heterocycles. The van der Waals surface area contributed by atoms with Crippen LogP contribution in [0.25, 0.3) is 0 Å². The van der Waals surface area contributed by atoms with E-state index in [1.54, 1.807) is 26.4 Å². The molecule has 1 atom stereocenters. The number of benzene rings is 1. The van der Waals surface area contributed by atoms with Gasteiger partial charge in [0.05, 0.1) is 19.0 Å². The minimum Gasteiger partial charge on any atom is -0.493 e. The predicted molar refractivity (Wildman–Crippen MR) is 60.2 cm³/mol. The zero-order valence-corrected chi connectivity index (χ0v) is 10.1. The third kappa shape index (κ3) is 1.53. The number of hydrogen-bond donors (Lipinski definition) is 0. The largest absolute Gasteiger partial charge is 0.493 e. The highest BCUT2D eigenvalue weighted by molar-refractivity contribution is 9.09. The Morgan fingerprint density at radius 1 is 1.33 bits per heavy atom. The third-order valence-electron chi connectivity index (χ3n) is 2.56. The molecule has 4 heteroatoms. The van der Waals surface area contributed by atoms with Crippen LogP contribution in [0.3, 0.4) is 0 Å². The number of carbonyl (C=O) groups excluding carboxylic acids is 1. The topological polar surface area (TPSA) is 35.5 Å². The summed E-state index contributed by atoms with van der Waals surface area (Å²) in [6, 6.07) is 3.56. The van der Waals surface area contributed by atoms with E-state index in [9.17, 15) is 4.79 Å². The summed E-state index contributed by atoms with van der Waals surface area (Å²) in [6.07, 6.45) is 0.485. The summed E-state index contributed by atoms with van der Waals surface area (Å²) in [5, 5.41) is 0. The summed E-state index contributed by atoms with van der Waals surface area (Å²) >= 11 is 3.48. The number of fused-ring (bicyclic) bond motifs is 1. The van der Waals surface area contributed by atoms with Crippen LogP contribution in [0.15, 0.2) is 12.1 Å². The number of Topliss-reactive ketones (excluding diaryl/α,β-unsaturated/α-hetero) is 1. The molecule has 0 aromatic heterocycles. The van der Waals surface area contributed by atoms with Crippen LogP contribution in [0.4, 0.5) is 0 Å². The Morgan fingerprint density at radius 2 is 2.07 bits per heavy atom. The lowest BCUT2D eigenvalue weighted by Crippen LogP contribution is -1.97. The summed E-state index contributed by atoms with van der Waals surface area (Å²) in [5.41, 5.74) is 1.64. The first-order valence-electron chi connectivity index (χ1n) is 4.61. The smallest absolute Gasteiger partial charge is 0.165 e. The molecule has 0 saturated carbocycles. The van der Waals surface area contributed by atoms with E-state index in [1.807, 2.05) is 0 Å². The Morgan fingerprint density at radius 3 is 2.67 bits per heavy atom. The maximum absolute atomic E-state index is 11.6. The van der Waals surface area contributed by atoms with Crippen LogP contribution >= 0.6 is 15.9 Å². The highest BCUT2D eigenvalue weighted by atomic mass is 79.9. The first kappa shape index (κ1) is 10.5. The molecule has 1 aliphatic rings. The van der Waals surface area contributed by atoms with Gasteiger partial charge in [-0.25, -0.2) is 0 Å². The number of alkyl halides is 1. The fourth-order valence-electron chi connectivity index (χ4n) is 1.88. The lowest BCUT2D eigenvalue weighted by atomic mass is 10.1. The Bertz CT molecular complexity index is 415. The quantitative estimate of drug-likeness (QED) is 0.776. The summed E-state index contributed by atoms with van der Waals surface area (Å²) in [6.45, 7) is 0. The van der Waals surface area contributed by atoms with Crippen LogP contribution in [0.1, 0.15) is 27.2 Å². The van der Waals surface area contributed by atoms with Crippen LogP contribution in [-0.4, -0.2) is 20.0 Å². The van der Waals surface area contributed by atoms with E-state index in [4.69, 9.17) is 9.47 Å². The molecule has 0 fully saturated rings. The average Bonchev–Trinajstić information content (AvgIpc) is 2.53. The van der Waals surface area contributed by atoms with E-state index < -0.39 is 0 Å². The molecular formula is C11H11BrO3. The van der Waals surface area contributed by atoms with Gasteiger partial charge in [0.15, 0.2) is 17.3 Å². The molecule has 1 unspecified atom stereocenters. The average molecular weight is 271 g/mol. The van der Waals surface area contributed by atoms with Gasteiger partial charge in [-0.1, -0.05) is 15.9 Å². The maximum atomic E-state index is 11.6. The van der Waals surface area contributed by atoms with Crippen molar-refractivity contribution < 1.29 is 14.3 Å². The van der Waals surface area contributed by atoms with E-state index >= 15 is 0 Å². The van der Waals surface area contributed by atoms with Crippen molar-refractivity contribution in [1.29, 1.82) is 0 Å². The van der Waals surface area contributed by atoms with Gasteiger partial charge in [-0.2, -0.15) is 0 Å². The van der Waals surface area contributed by atoms with Crippen LogP contribution in [0, 0.1) is 0 Å². The second-order valence-electron chi connectivity index (χ2n) is 3.36. The van der Waals surface area contributed by atoms with E-state index in [1.165, 1.54) is 0 Å². The van der Waals surface area contributed by atoms with Crippen LogP contribution in [-0.2, 0) is 0 Å². The van der Waals surface area contributed by atoms with Crippen LogP contribution in [0.2, 0.25) is 0 Å². The van der Waals surface area contributed by atoms with Gasteiger partial charge in [-0.05, 0) is 12.1 Å². The van der Waals surface area contributed by atoms with Crippen molar-refractivity contribution in [2.45, 2.75) is 11.2 Å². The molecule has 0 bridgehead atoms. The second-order valence-corrected chi connectivity index (χ2v) is 4.46. The molecule has 80 valence electrons. The normalized spacial score (nSPS) is 18.9. The zero-order chi connectivity index (χ0) is 11.0. The Balaban J connectivity index is 2.65. The van der Waals surface area contributed by atoms with Crippen molar-refractivity contribution in [2.75, 3.05) is 14.2 Å². The Kier molecular flexibility index (Phi) is 2.69. The lowest BCUT2D eigenvalue weighted by molar-refractivity contribution is 0.0994. The molecule has 0 heterocycles. The number of rotatable bonds is 2. The molecule has 0 amide bonds. The molecular weight excluding hydrogens is 260 g/mol. The molecule has 0 spiro atoms. The summed E-state index contributed by atoms with van der Waals surface area (Å²) in [4.78, 5) is 11.6. The molecule has 3 nitrogen and oxygen atoms in total. The maximum Gasteiger partial charge on any atom is 0.165 e. The van der Waals surface area contributed by atoms with Gasteiger partial charge in [0, 0.05) is 17.5 Å². The van der Waals surface area contributed by atoms with Gasteiger partial charge >= 0.3 is 0 Å². The zero-order valence-electron chi connectivity index (χ0n) is 8.54. The van der Waals surface area contributed by atoms with Crippen molar-refractivity contribution in [1.82, 2.24) is 0 Å². The predicted octanol–water partition coefficient (Wildman–Crippen LogP) is 2.73. The minimum atomic E-state index is 0.0325. The van der Waals surface area contributed by atoms with E-state index in [0.29, 0.717) is 17.9 Å². The van der Waals surface area contributed by atoms with E-state index in [-0.39, 0.29) is 10.6 Å². The summed E-state index contributed by atoms with van der Waals surface area (Å²) in [7, 11) is 3.17. The standard InChI is InChI=1S/C11H11BrO3/c1-14-9-4-3-6-8(13)5-7(12)10(6)11(9)15-2/h3-4,7H,5H2,1-2H3. The number of methoxy groups -OCH3 is 2. The summed E-state index contributed by atoms with van der Waals surface area (Å²) < 4.78 is 10.5. The molecule has 1 aromatic carbocycles. The molecule has 0 N–H and O–H groups in total. The lowest BCUT2D eigenvalue weighted by Gasteiger charge is -2.13. The van der Waals surface area contributed by atoms with Crippen molar-refractivity contribution in [3.63, 3.8) is 0 Å². The molecule has 15 heavy (non-hydrogen) atoms. The fraction of sp³-hybridized carbons (Fsp3) is 0.364. The third-order valence-corrected chi connectivity index (χ3v) is 3.34. The number of ether oxygens (including phenoxy) is 2. The summed E-state index contributed by atoms with van der Waals surface area (Å²) in [5.74, 6) is 1.46. The van der Waals surface area contributed by atoms with Crippen LogP contribution in [0.5, 0.6) is 11.5 Å². The number of ketones is 1. The molecule has 2 rings (SSSR count). The van der Waals surface area contributed by atoms with Crippen molar-refractivity contribution in [2.24, 2.45) is 0 Å². The second kappa shape index (κ2) is 3.85. The van der Waals surface area contributed by atoms with Gasteiger partial charge in [-0.15, -0.1) is 0 Å². The minimum absolute atomic E-state index is 0.0325. The Hall–Kier alpha value is -1.03. The van der Waals surface area contributed by atoms with Gasteiger partial charge in [-0.3, -0.25) is 4.79 Å². The Labute approximate surface area is 96.5 Å². The van der Waals surface area contributed by atoms with Gasteiger partial charge in [0.1, 0.15) is 0 Å². The van der Waals surface area contributed by atoms with Crippen LogP contribution < -0.4 is 9.47 Å². The molecule has 0 saturated heterocycles. The highest BCUT2D eigenvalue weighted by Gasteiger charge is 2.32. The van der Waals surface area contributed by atoms with Crippen molar-refractivity contribution >= 4 is 21.7 Å².